The predicted octanol–water partition coefficient (Wildman–Crippen LogP) is 8.21. The summed E-state index contributed by atoms with van der Waals surface area (Å²) in [5.41, 5.74) is 4.82. The Morgan fingerprint density at radius 3 is 2.82 bits per heavy atom. The standard InChI is InChI=1S/C29H26Cl2N4OS2/c1-15-4-9-24(38-15)27-35-22-8-6-18(30)13-20(22)25(31)26(35)19-7-5-17(12-23(19)36-27)21-14-33-28(34-21)29(37)10-3-11-32-16(29)2/h4-9,12-14,16,27,32,37H,3,10-11H2,1-2H3,(H,33,34). The molecule has 5 heterocycles. The van der Waals surface area contributed by atoms with Gasteiger partial charge in [0, 0.05) is 32.5 Å². The first-order valence-corrected chi connectivity index (χ1v) is 14.7. The number of halogens is 2. The van der Waals surface area contributed by atoms with Gasteiger partial charge in [-0.15, -0.1) is 11.3 Å². The molecule has 3 atom stereocenters. The third kappa shape index (κ3) is 3.74. The van der Waals surface area contributed by atoms with Crippen LogP contribution in [0.4, 0.5) is 0 Å². The monoisotopic (exact) mass is 580 g/mol. The van der Waals surface area contributed by atoms with Crippen LogP contribution in [0.25, 0.3) is 33.4 Å². The Morgan fingerprint density at radius 1 is 1.16 bits per heavy atom. The van der Waals surface area contributed by atoms with E-state index in [4.69, 9.17) is 45.6 Å². The number of thiophene rings is 1. The van der Waals surface area contributed by atoms with Crippen molar-refractivity contribution in [2.45, 2.75) is 43.7 Å². The van der Waals surface area contributed by atoms with Gasteiger partial charge < -0.3 is 15.0 Å². The number of rotatable bonds is 3. The average Bonchev–Trinajstić information content (AvgIpc) is 3.64. The summed E-state index contributed by atoms with van der Waals surface area (Å²) < 4.78 is 8.61. The van der Waals surface area contributed by atoms with Crippen LogP contribution in [-0.4, -0.2) is 27.1 Å². The van der Waals surface area contributed by atoms with E-state index in [-0.39, 0.29) is 17.0 Å². The first kappa shape index (κ1) is 24.6. The van der Waals surface area contributed by atoms with Crippen molar-refractivity contribution in [3.63, 3.8) is 0 Å². The lowest BCUT2D eigenvalue weighted by Gasteiger charge is -2.37. The molecule has 2 aromatic carbocycles. The molecule has 1 fully saturated rings. The number of ether oxygens (including phenoxy) is 1. The third-order valence-corrected chi connectivity index (χ3v) is 10.3. The molecule has 3 unspecified atom stereocenters. The Bertz CT molecular complexity index is 1710. The summed E-state index contributed by atoms with van der Waals surface area (Å²) in [7, 11) is 0. The van der Waals surface area contributed by atoms with Gasteiger partial charge in [-0.1, -0.05) is 29.3 Å². The summed E-state index contributed by atoms with van der Waals surface area (Å²) in [6, 6.07) is 16.6. The summed E-state index contributed by atoms with van der Waals surface area (Å²) >= 11 is 20.2. The minimum absolute atomic E-state index is 0.220. The van der Waals surface area contributed by atoms with E-state index < -0.39 is 0 Å². The van der Waals surface area contributed by atoms with Crippen LogP contribution in [0.3, 0.4) is 0 Å². The maximum Gasteiger partial charge on any atom is 0.212 e. The molecule has 194 valence electrons. The van der Waals surface area contributed by atoms with E-state index in [1.165, 1.54) is 4.88 Å². The normalized spacial score (nSPS) is 22.8. The van der Waals surface area contributed by atoms with Crippen molar-refractivity contribution in [2.24, 2.45) is 0 Å². The number of fused-ring (bicyclic) bond motifs is 5. The molecular weight excluding hydrogens is 555 g/mol. The van der Waals surface area contributed by atoms with Crippen LogP contribution < -0.4 is 10.1 Å². The van der Waals surface area contributed by atoms with Crippen molar-refractivity contribution in [1.82, 2.24) is 19.9 Å². The van der Waals surface area contributed by atoms with Crippen molar-refractivity contribution in [1.29, 1.82) is 0 Å². The molecule has 3 aromatic heterocycles. The number of nitrogens with zero attached hydrogens (tertiary/aromatic N) is 2. The molecule has 5 aromatic rings. The second-order valence-corrected chi connectivity index (χ2v) is 13.1. The van der Waals surface area contributed by atoms with Gasteiger partial charge >= 0.3 is 0 Å². The van der Waals surface area contributed by atoms with E-state index in [0.29, 0.717) is 10.0 Å². The average molecular weight is 582 g/mol. The molecule has 9 heteroatoms. The van der Waals surface area contributed by atoms with Crippen LogP contribution in [0.2, 0.25) is 10.0 Å². The Balaban J connectivity index is 1.36. The second-order valence-electron chi connectivity index (χ2n) is 10.2. The minimum atomic E-state index is -0.338. The van der Waals surface area contributed by atoms with Gasteiger partial charge in [-0.25, -0.2) is 4.98 Å². The number of aromatic nitrogens is 3. The molecule has 1 saturated heterocycles. The third-order valence-electron chi connectivity index (χ3n) is 7.82. The van der Waals surface area contributed by atoms with E-state index in [9.17, 15) is 0 Å². The molecule has 5 nitrogen and oxygen atoms in total. The number of nitrogens with one attached hydrogen (secondary N) is 2. The maximum absolute atomic E-state index is 7.05. The molecule has 2 aliphatic rings. The summed E-state index contributed by atoms with van der Waals surface area (Å²) in [5.74, 6) is 1.67. The Labute approximate surface area is 240 Å². The molecule has 0 spiro atoms. The van der Waals surface area contributed by atoms with Gasteiger partial charge in [0.25, 0.3) is 0 Å². The molecule has 0 aliphatic carbocycles. The molecular formula is C29H26Cl2N4OS2. The Hall–Kier alpha value is -2.42. The van der Waals surface area contributed by atoms with E-state index in [2.05, 4.69) is 59.0 Å². The highest BCUT2D eigenvalue weighted by molar-refractivity contribution is 7.81. The second kappa shape index (κ2) is 9.07. The molecule has 0 saturated carbocycles. The molecule has 2 aliphatic heterocycles. The SMILES string of the molecule is Cc1ccc(C2Oc3cc(-c4cnc(C5(S)CCCNC5C)[nH]4)ccc3-c3c(Cl)c4cc(Cl)ccc4n32)s1. The van der Waals surface area contributed by atoms with Gasteiger partial charge in [-0.05, 0) is 75.7 Å². The first-order valence-electron chi connectivity index (χ1n) is 12.7. The highest BCUT2D eigenvalue weighted by Crippen LogP contribution is 2.50. The van der Waals surface area contributed by atoms with Crippen molar-refractivity contribution >= 4 is 58.1 Å². The fourth-order valence-corrected chi connectivity index (χ4v) is 7.52. The number of imidazole rings is 1. The van der Waals surface area contributed by atoms with Gasteiger partial charge in [-0.2, -0.15) is 12.6 Å². The number of benzene rings is 2. The lowest BCUT2D eigenvalue weighted by molar-refractivity contribution is 0.177. The molecule has 2 N–H and O–H groups in total. The van der Waals surface area contributed by atoms with E-state index >= 15 is 0 Å². The summed E-state index contributed by atoms with van der Waals surface area (Å²) in [4.78, 5) is 10.7. The van der Waals surface area contributed by atoms with E-state index in [0.717, 1.165) is 69.3 Å². The Kier molecular flexibility index (Phi) is 5.87. The zero-order valence-electron chi connectivity index (χ0n) is 20.9. The van der Waals surface area contributed by atoms with Gasteiger partial charge in [-0.3, -0.25) is 4.57 Å². The fraction of sp³-hybridized carbons (Fsp3) is 0.276. The van der Waals surface area contributed by atoms with Gasteiger partial charge in [0.05, 0.1) is 37.7 Å². The zero-order valence-corrected chi connectivity index (χ0v) is 24.1. The summed E-state index contributed by atoms with van der Waals surface area (Å²) in [6.45, 7) is 5.29. The van der Waals surface area contributed by atoms with Gasteiger partial charge in [0.1, 0.15) is 11.6 Å². The molecule has 0 radical (unpaired) electrons. The highest BCUT2D eigenvalue weighted by atomic mass is 35.5. The number of aryl methyl sites for hydroxylation is 1. The number of piperidine rings is 1. The van der Waals surface area contributed by atoms with Crippen molar-refractivity contribution < 1.29 is 4.74 Å². The van der Waals surface area contributed by atoms with Crippen LogP contribution in [0.15, 0.2) is 54.7 Å². The van der Waals surface area contributed by atoms with Crippen molar-refractivity contribution in [2.75, 3.05) is 6.54 Å². The van der Waals surface area contributed by atoms with Gasteiger partial charge in [0.15, 0.2) is 0 Å². The fourth-order valence-electron chi connectivity index (χ4n) is 5.74. The topological polar surface area (TPSA) is 54.9 Å². The Morgan fingerprint density at radius 2 is 2.03 bits per heavy atom. The smallest absolute Gasteiger partial charge is 0.212 e. The molecule has 7 rings (SSSR count). The van der Waals surface area contributed by atoms with Crippen molar-refractivity contribution in [3.8, 4) is 28.3 Å². The van der Waals surface area contributed by atoms with Gasteiger partial charge in [0.2, 0.25) is 6.23 Å². The predicted molar refractivity (Wildman–Crippen MR) is 160 cm³/mol. The van der Waals surface area contributed by atoms with Crippen LogP contribution in [0.5, 0.6) is 5.75 Å². The lowest BCUT2D eigenvalue weighted by Crippen LogP contribution is -2.48. The summed E-state index contributed by atoms with van der Waals surface area (Å²) in [6.07, 6.45) is 3.60. The van der Waals surface area contributed by atoms with Crippen LogP contribution in [0, 0.1) is 6.92 Å². The largest absolute Gasteiger partial charge is 0.464 e. The number of thiol groups is 1. The summed E-state index contributed by atoms with van der Waals surface area (Å²) in [5, 5.41) is 5.78. The minimum Gasteiger partial charge on any atom is -0.464 e. The highest BCUT2D eigenvalue weighted by Gasteiger charge is 2.39. The molecule has 0 amide bonds. The molecule has 38 heavy (non-hydrogen) atoms. The number of aromatic amines is 1. The van der Waals surface area contributed by atoms with E-state index in [1.54, 1.807) is 11.3 Å². The first-order chi connectivity index (χ1) is 18.3. The quantitative estimate of drug-likeness (QED) is 0.188. The van der Waals surface area contributed by atoms with Crippen LogP contribution >= 0.6 is 47.2 Å². The maximum atomic E-state index is 7.05. The lowest BCUT2D eigenvalue weighted by atomic mass is 9.90. The number of H-pyrrole nitrogens is 1. The van der Waals surface area contributed by atoms with E-state index in [1.807, 2.05) is 24.4 Å². The van der Waals surface area contributed by atoms with Crippen LogP contribution in [0.1, 0.15) is 41.6 Å². The zero-order chi connectivity index (χ0) is 26.2. The van der Waals surface area contributed by atoms with Crippen molar-refractivity contribution in [3.05, 3.63) is 80.4 Å². The number of hydrogen-bond donors (Lipinski definition) is 3. The van der Waals surface area contributed by atoms with Crippen LogP contribution in [-0.2, 0) is 4.75 Å². The number of hydrogen-bond acceptors (Lipinski definition) is 5. The molecule has 0 bridgehead atoms.